The summed E-state index contributed by atoms with van der Waals surface area (Å²) in [7, 11) is -0.105. The van der Waals surface area contributed by atoms with E-state index in [4.69, 9.17) is 9.47 Å². The maximum absolute atomic E-state index is 11.6. The lowest BCUT2D eigenvalue weighted by molar-refractivity contribution is 0.355. The van der Waals surface area contributed by atoms with Gasteiger partial charge in [0.15, 0.2) is 27.2 Å². The topological polar surface area (TPSA) is 83.3 Å². The van der Waals surface area contributed by atoms with Crippen molar-refractivity contribution in [3.05, 3.63) is 48.3 Å². The molecule has 8 heteroatoms. The molecule has 0 radical (unpaired) electrons. The Kier molecular flexibility index (Phi) is 4.69. The van der Waals surface area contributed by atoms with E-state index in [1.165, 1.54) is 6.26 Å². The zero-order valence-corrected chi connectivity index (χ0v) is 15.7. The number of hydrogen-bond acceptors (Lipinski definition) is 6. The van der Waals surface area contributed by atoms with E-state index in [0.29, 0.717) is 23.1 Å². The maximum atomic E-state index is 11.6. The number of methoxy groups -OCH3 is 2. The lowest BCUT2D eigenvalue weighted by atomic mass is 10.2. The Morgan fingerprint density at radius 1 is 0.962 bits per heavy atom. The lowest BCUT2D eigenvalue weighted by Crippen LogP contribution is -2.02. The fourth-order valence-corrected chi connectivity index (χ4v) is 3.22. The summed E-state index contributed by atoms with van der Waals surface area (Å²) in [6.45, 7) is 1.80. The Bertz CT molecular complexity index is 1040. The van der Waals surface area contributed by atoms with Gasteiger partial charge >= 0.3 is 0 Å². The van der Waals surface area contributed by atoms with Crippen LogP contribution in [-0.2, 0) is 9.84 Å². The molecule has 0 amide bonds. The van der Waals surface area contributed by atoms with Gasteiger partial charge in [-0.3, -0.25) is 0 Å². The van der Waals surface area contributed by atoms with Crippen LogP contribution in [0.25, 0.3) is 17.1 Å². The quantitative estimate of drug-likeness (QED) is 0.684. The van der Waals surface area contributed by atoms with Crippen LogP contribution in [0.4, 0.5) is 0 Å². The second kappa shape index (κ2) is 6.80. The molecule has 3 aromatic rings. The Morgan fingerprint density at radius 2 is 1.62 bits per heavy atom. The van der Waals surface area contributed by atoms with Crippen molar-refractivity contribution in [1.29, 1.82) is 0 Å². The van der Waals surface area contributed by atoms with Crippen LogP contribution < -0.4 is 9.47 Å². The molecule has 2 aromatic carbocycles. The summed E-state index contributed by atoms with van der Waals surface area (Å²) >= 11 is 0. The number of nitrogens with zero attached hydrogens (tertiary/aromatic N) is 3. The Hall–Kier alpha value is -2.87. The van der Waals surface area contributed by atoms with Gasteiger partial charge in [0.1, 0.15) is 5.82 Å². The molecular formula is C18H19N3O4S. The highest BCUT2D eigenvalue weighted by Crippen LogP contribution is 2.31. The number of sulfone groups is 1. The molecule has 0 saturated heterocycles. The van der Waals surface area contributed by atoms with Gasteiger partial charge in [0.25, 0.3) is 0 Å². The molecule has 26 heavy (non-hydrogen) atoms. The standard InChI is InChI=1S/C18H19N3O4S/c1-12-19-18(13-5-8-15(9-6-13)26(4,22)23)21(20-12)14-7-10-16(24-2)17(11-14)25-3/h5-11H,1-4H3. The Morgan fingerprint density at radius 3 is 2.19 bits per heavy atom. The predicted molar refractivity (Wildman–Crippen MR) is 97.7 cm³/mol. The summed E-state index contributed by atoms with van der Waals surface area (Å²) in [4.78, 5) is 4.74. The molecule has 0 unspecified atom stereocenters. The van der Waals surface area contributed by atoms with E-state index in [2.05, 4.69) is 10.1 Å². The second-order valence-corrected chi connectivity index (χ2v) is 7.75. The minimum atomic E-state index is -3.25. The van der Waals surface area contributed by atoms with Crippen LogP contribution in [0.3, 0.4) is 0 Å². The van der Waals surface area contributed by atoms with Gasteiger partial charge in [0, 0.05) is 17.9 Å². The molecule has 3 rings (SSSR count). The highest BCUT2D eigenvalue weighted by molar-refractivity contribution is 7.90. The van der Waals surface area contributed by atoms with Gasteiger partial charge in [0.05, 0.1) is 24.8 Å². The monoisotopic (exact) mass is 373 g/mol. The van der Waals surface area contributed by atoms with Gasteiger partial charge in [-0.15, -0.1) is 0 Å². The first-order valence-electron chi connectivity index (χ1n) is 7.80. The van der Waals surface area contributed by atoms with Crippen LogP contribution in [0.1, 0.15) is 5.82 Å². The van der Waals surface area contributed by atoms with Gasteiger partial charge < -0.3 is 9.47 Å². The molecule has 0 saturated carbocycles. The smallest absolute Gasteiger partial charge is 0.175 e. The molecule has 0 aliphatic heterocycles. The molecule has 0 N–H and O–H groups in total. The van der Waals surface area contributed by atoms with Gasteiger partial charge in [-0.05, 0) is 43.3 Å². The largest absolute Gasteiger partial charge is 0.493 e. The van der Waals surface area contributed by atoms with E-state index in [-0.39, 0.29) is 4.90 Å². The van der Waals surface area contributed by atoms with Gasteiger partial charge in [-0.2, -0.15) is 5.10 Å². The van der Waals surface area contributed by atoms with E-state index in [1.54, 1.807) is 62.2 Å². The molecule has 0 fully saturated rings. The van der Waals surface area contributed by atoms with Crippen molar-refractivity contribution in [2.45, 2.75) is 11.8 Å². The number of benzene rings is 2. The van der Waals surface area contributed by atoms with E-state index in [1.807, 2.05) is 6.07 Å². The number of aryl methyl sites for hydroxylation is 1. The van der Waals surface area contributed by atoms with Crippen molar-refractivity contribution in [3.63, 3.8) is 0 Å². The first-order valence-corrected chi connectivity index (χ1v) is 9.69. The van der Waals surface area contributed by atoms with Crippen molar-refractivity contribution >= 4 is 9.84 Å². The van der Waals surface area contributed by atoms with E-state index < -0.39 is 9.84 Å². The van der Waals surface area contributed by atoms with Crippen molar-refractivity contribution in [3.8, 4) is 28.6 Å². The minimum absolute atomic E-state index is 0.259. The molecule has 0 spiro atoms. The van der Waals surface area contributed by atoms with E-state index in [9.17, 15) is 8.42 Å². The SMILES string of the molecule is COc1ccc(-n2nc(C)nc2-c2ccc(S(C)(=O)=O)cc2)cc1OC. The van der Waals surface area contributed by atoms with Crippen LogP contribution >= 0.6 is 0 Å². The molecule has 136 valence electrons. The van der Waals surface area contributed by atoms with E-state index >= 15 is 0 Å². The molecule has 7 nitrogen and oxygen atoms in total. The average molecular weight is 373 g/mol. The normalized spacial score (nSPS) is 11.4. The van der Waals surface area contributed by atoms with Crippen LogP contribution in [0.2, 0.25) is 0 Å². The molecule has 0 aliphatic rings. The van der Waals surface area contributed by atoms with E-state index in [0.717, 1.165) is 11.3 Å². The first-order chi connectivity index (χ1) is 12.3. The van der Waals surface area contributed by atoms with Crippen LogP contribution in [0, 0.1) is 6.92 Å². The van der Waals surface area contributed by atoms with Crippen LogP contribution in [0.15, 0.2) is 47.4 Å². The van der Waals surface area contributed by atoms with Crippen molar-refractivity contribution in [1.82, 2.24) is 14.8 Å². The average Bonchev–Trinajstić information content (AvgIpc) is 3.02. The fourth-order valence-electron chi connectivity index (χ4n) is 2.59. The Balaban J connectivity index is 2.09. The molecule has 0 atom stereocenters. The lowest BCUT2D eigenvalue weighted by Gasteiger charge is -2.11. The highest BCUT2D eigenvalue weighted by Gasteiger charge is 2.15. The van der Waals surface area contributed by atoms with Gasteiger partial charge in [-0.25, -0.2) is 18.1 Å². The number of rotatable bonds is 5. The third-order valence-corrected chi connectivity index (χ3v) is 4.99. The van der Waals surface area contributed by atoms with Crippen LogP contribution in [0.5, 0.6) is 11.5 Å². The second-order valence-electron chi connectivity index (χ2n) is 5.73. The van der Waals surface area contributed by atoms with Crippen LogP contribution in [-0.4, -0.2) is 43.7 Å². The number of ether oxygens (including phenoxy) is 2. The van der Waals surface area contributed by atoms with Crippen molar-refractivity contribution in [2.24, 2.45) is 0 Å². The summed E-state index contributed by atoms with van der Waals surface area (Å²) in [6, 6.07) is 12.0. The minimum Gasteiger partial charge on any atom is -0.493 e. The summed E-state index contributed by atoms with van der Waals surface area (Å²) in [6.07, 6.45) is 1.18. The zero-order valence-electron chi connectivity index (χ0n) is 14.9. The molecule has 1 heterocycles. The molecule has 1 aromatic heterocycles. The summed E-state index contributed by atoms with van der Waals surface area (Å²) in [5.74, 6) is 2.40. The molecular weight excluding hydrogens is 354 g/mol. The fraction of sp³-hybridized carbons (Fsp3) is 0.222. The van der Waals surface area contributed by atoms with Gasteiger partial charge in [0.2, 0.25) is 0 Å². The number of aromatic nitrogens is 3. The number of hydrogen-bond donors (Lipinski definition) is 0. The Labute approximate surface area is 152 Å². The summed E-state index contributed by atoms with van der Waals surface area (Å²) in [5.41, 5.74) is 1.51. The predicted octanol–water partition coefficient (Wildman–Crippen LogP) is 2.66. The summed E-state index contributed by atoms with van der Waals surface area (Å²) in [5, 5.41) is 4.45. The van der Waals surface area contributed by atoms with Crippen molar-refractivity contribution in [2.75, 3.05) is 20.5 Å². The first kappa shape index (κ1) is 17.9. The third kappa shape index (κ3) is 3.41. The maximum Gasteiger partial charge on any atom is 0.175 e. The van der Waals surface area contributed by atoms with Crippen molar-refractivity contribution < 1.29 is 17.9 Å². The molecule has 0 bridgehead atoms. The third-order valence-electron chi connectivity index (χ3n) is 3.87. The summed E-state index contributed by atoms with van der Waals surface area (Å²) < 4.78 is 35.6. The highest BCUT2D eigenvalue weighted by atomic mass is 32.2. The zero-order chi connectivity index (χ0) is 18.9. The van der Waals surface area contributed by atoms with Gasteiger partial charge in [-0.1, -0.05) is 0 Å². The molecule has 0 aliphatic carbocycles.